The van der Waals surface area contributed by atoms with Crippen molar-refractivity contribution in [2.24, 2.45) is 9.98 Å². The van der Waals surface area contributed by atoms with Gasteiger partial charge >= 0.3 is 0 Å². The number of aliphatic imine (C=N–C) groups is 2. The van der Waals surface area contributed by atoms with Gasteiger partial charge in [0.25, 0.3) is 0 Å². The van der Waals surface area contributed by atoms with Crippen molar-refractivity contribution in [3.05, 3.63) is 114 Å². The van der Waals surface area contributed by atoms with Gasteiger partial charge in [0.1, 0.15) is 5.84 Å². The number of amidine groups is 2. The lowest BCUT2D eigenvalue weighted by atomic mass is 10.1. The molecule has 1 atom stereocenters. The molecule has 4 aromatic carbocycles. The first-order valence-corrected chi connectivity index (χ1v) is 10.9. The number of hydrogen-bond acceptors (Lipinski definition) is 3. The summed E-state index contributed by atoms with van der Waals surface area (Å²) in [5.74, 6) is 0.715. The molecule has 0 aliphatic carbocycles. The third kappa shape index (κ3) is 3.17. The highest BCUT2D eigenvalue weighted by atomic mass is 35.5. The molecule has 6 rings (SSSR count). The Morgan fingerprint density at radius 3 is 1.91 bits per heavy atom. The van der Waals surface area contributed by atoms with Crippen LogP contribution in [0.15, 0.2) is 113 Å². The molecular weight excluding hydrogens is 416 g/mol. The van der Waals surface area contributed by atoms with Crippen molar-refractivity contribution in [3.8, 4) is 5.69 Å². The summed E-state index contributed by atoms with van der Waals surface area (Å²) in [6, 6.07) is 35.4. The van der Waals surface area contributed by atoms with Crippen LogP contribution in [0, 0.1) is 0 Å². The van der Waals surface area contributed by atoms with Crippen LogP contribution in [0.2, 0.25) is 0 Å². The summed E-state index contributed by atoms with van der Waals surface area (Å²) in [5, 5.41) is 5.95. The summed E-state index contributed by atoms with van der Waals surface area (Å²) in [5.41, 5.74) is 5.44. The zero-order chi connectivity index (χ0) is 21.5. The van der Waals surface area contributed by atoms with Gasteiger partial charge in [-0.1, -0.05) is 66.7 Å². The lowest BCUT2D eigenvalue weighted by Gasteiger charge is -2.19. The maximum absolute atomic E-state index is 6.30. The molecular formula is C27H19ClN4. The first-order valence-electron chi connectivity index (χ1n) is 10.5. The van der Waals surface area contributed by atoms with E-state index >= 15 is 0 Å². The molecule has 0 radical (unpaired) electrons. The Morgan fingerprint density at radius 2 is 1.25 bits per heavy atom. The molecule has 2 heterocycles. The van der Waals surface area contributed by atoms with Crippen molar-refractivity contribution >= 4 is 44.5 Å². The van der Waals surface area contributed by atoms with E-state index in [1.807, 2.05) is 30.3 Å². The summed E-state index contributed by atoms with van der Waals surface area (Å²) >= 11 is 6.30. The highest BCUT2D eigenvalue weighted by Crippen LogP contribution is 2.32. The van der Waals surface area contributed by atoms with Gasteiger partial charge in [-0.25, -0.2) is 9.98 Å². The van der Waals surface area contributed by atoms with Gasteiger partial charge < -0.3 is 9.88 Å². The molecule has 1 aliphatic rings. The number of halogens is 1. The van der Waals surface area contributed by atoms with E-state index in [0.29, 0.717) is 11.1 Å². The Labute approximate surface area is 190 Å². The topological polar surface area (TPSA) is 41.7 Å². The lowest BCUT2D eigenvalue weighted by molar-refractivity contribution is 0.760. The van der Waals surface area contributed by atoms with Crippen LogP contribution in [0.4, 0.5) is 0 Å². The van der Waals surface area contributed by atoms with Crippen LogP contribution in [0.3, 0.4) is 0 Å². The highest BCUT2D eigenvalue weighted by molar-refractivity contribution is 6.66. The molecule has 0 fully saturated rings. The van der Waals surface area contributed by atoms with Crippen LogP contribution in [-0.2, 0) is 0 Å². The van der Waals surface area contributed by atoms with Gasteiger partial charge in [0.15, 0.2) is 11.5 Å². The molecule has 5 aromatic rings. The maximum atomic E-state index is 6.30. The number of nitrogens with one attached hydrogen (secondary N) is 1. The predicted molar refractivity (Wildman–Crippen MR) is 133 cm³/mol. The van der Waals surface area contributed by atoms with E-state index < -0.39 is 0 Å². The molecule has 5 heteroatoms. The largest absolute Gasteiger partial charge is 0.315 e. The maximum Gasteiger partial charge on any atom is 0.199 e. The van der Waals surface area contributed by atoms with E-state index in [4.69, 9.17) is 16.6 Å². The number of rotatable bonds is 3. The van der Waals surface area contributed by atoms with Gasteiger partial charge in [-0.15, -0.1) is 0 Å². The van der Waals surface area contributed by atoms with Crippen molar-refractivity contribution in [2.45, 2.75) is 6.17 Å². The Bertz CT molecular complexity index is 1440. The Kier molecular flexibility index (Phi) is 4.51. The summed E-state index contributed by atoms with van der Waals surface area (Å²) in [4.78, 5) is 9.23. The van der Waals surface area contributed by atoms with Crippen LogP contribution in [0.5, 0.6) is 0 Å². The number of nitrogens with zero attached hydrogens (tertiary/aromatic N) is 3. The fraction of sp³-hybridized carbons (Fsp3) is 0.0370. The number of fused-ring (bicyclic) bond motifs is 3. The average Bonchev–Trinajstić information content (AvgIpc) is 3.19. The van der Waals surface area contributed by atoms with E-state index in [9.17, 15) is 0 Å². The molecule has 1 unspecified atom stereocenters. The third-order valence-corrected chi connectivity index (χ3v) is 5.98. The van der Waals surface area contributed by atoms with E-state index in [0.717, 1.165) is 16.8 Å². The zero-order valence-electron chi connectivity index (χ0n) is 17.1. The average molecular weight is 435 g/mol. The number of aromatic nitrogens is 1. The monoisotopic (exact) mass is 434 g/mol. The van der Waals surface area contributed by atoms with Crippen LogP contribution in [-0.4, -0.2) is 15.7 Å². The standard InChI is InChI=1S/C27H19ClN4/c28-27-30-25(18-8-2-1-3-9-18)29-26(31-27)19-14-16-20(17-15-19)32-23-12-6-4-10-21(23)22-11-5-7-13-24(22)32/h1-17,25H,(H,29,30,31). The molecule has 154 valence electrons. The smallest absolute Gasteiger partial charge is 0.199 e. The molecule has 1 aromatic heterocycles. The molecule has 0 bridgehead atoms. The summed E-state index contributed by atoms with van der Waals surface area (Å²) in [7, 11) is 0. The first-order chi connectivity index (χ1) is 15.8. The molecule has 0 saturated heterocycles. The SMILES string of the molecule is ClC1=NC(c2ccccc2)N=C(c2ccc(-n3c4ccccc4c4ccccc43)cc2)N1. The third-order valence-electron chi connectivity index (χ3n) is 5.79. The van der Waals surface area contributed by atoms with Crippen molar-refractivity contribution < 1.29 is 0 Å². The summed E-state index contributed by atoms with van der Waals surface area (Å²) < 4.78 is 2.30. The van der Waals surface area contributed by atoms with Crippen molar-refractivity contribution in [2.75, 3.05) is 0 Å². The molecule has 1 N–H and O–H groups in total. The van der Waals surface area contributed by atoms with Gasteiger partial charge in [-0.05, 0) is 53.6 Å². The minimum absolute atomic E-state index is 0.343. The molecule has 4 nitrogen and oxygen atoms in total. The number of para-hydroxylation sites is 2. The van der Waals surface area contributed by atoms with E-state index in [2.05, 4.69) is 87.7 Å². The van der Waals surface area contributed by atoms with Crippen molar-refractivity contribution in [3.63, 3.8) is 0 Å². The van der Waals surface area contributed by atoms with Gasteiger partial charge in [-0.3, -0.25) is 0 Å². The number of hydrogen-bond donors (Lipinski definition) is 1. The lowest BCUT2D eigenvalue weighted by Crippen LogP contribution is -2.32. The summed E-state index contributed by atoms with van der Waals surface area (Å²) in [6.07, 6.45) is -0.350. The van der Waals surface area contributed by atoms with Crippen LogP contribution < -0.4 is 5.32 Å². The minimum atomic E-state index is -0.350. The second-order valence-corrected chi connectivity index (χ2v) is 8.08. The Balaban J connectivity index is 1.42. The number of benzene rings is 4. The van der Waals surface area contributed by atoms with Crippen LogP contribution in [0.1, 0.15) is 17.3 Å². The Hall–Kier alpha value is -3.89. The molecule has 1 aliphatic heterocycles. The molecule has 0 amide bonds. The fourth-order valence-electron chi connectivity index (χ4n) is 4.31. The first kappa shape index (κ1) is 18.8. The highest BCUT2D eigenvalue weighted by Gasteiger charge is 2.18. The predicted octanol–water partition coefficient (Wildman–Crippen LogP) is 6.43. The molecule has 32 heavy (non-hydrogen) atoms. The molecule has 0 spiro atoms. The molecule has 0 saturated carbocycles. The van der Waals surface area contributed by atoms with Gasteiger partial charge in [0.2, 0.25) is 0 Å². The van der Waals surface area contributed by atoms with Gasteiger partial charge in [0, 0.05) is 22.0 Å². The summed E-state index contributed by atoms with van der Waals surface area (Å²) in [6.45, 7) is 0. The second-order valence-electron chi connectivity index (χ2n) is 7.72. The van der Waals surface area contributed by atoms with E-state index in [-0.39, 0.29) is 6.17 Å². The Morgan fingerprint density at radius 1 is 0.656 bits per heavy atom. The van der Waals surface area contributed by atoms with Crippen LogP contribution in [0.25, 0.3) is 27.5 Å². The quantitative estimate of drug-likeness (QED) is 0.327. The normalized spacial score (nSPS) is 16.0. The minimum Gasteiger partial charge on any atom is -0.315 e. The van der Waals surface area contributed by atoms with Gasteiger partial charge in [0.05, 0.1) is 11.0 Å². The van der Waals surface area contributed by atoms with Crippen molar-refractivity contribution in [1.29, 1.82) is 0 Å². The van der Waals surface area contributed by atoms with Gasteiger partial charge in [-0.2, -0.15) is 0 Å². The fourth-order valence-corrected chi connectivity index (χ4v) is 4.49. The van der Waals surface area contributed by atoms with Crippen molar-refractivity contribution in [1.82, 2.24) is 9.88 Å². The van der Waals surface area contributed by atoms with E-state index in [1.165, 1.54) is 21.8 Å². The zero-order valence-corrected chi connectivity index (χ0v) is 17.9. The van der Waals surface area contributed by atoms with Crippen LogP contribution >= 0.6 is 11.6 Å². The second kappa shape index (κ2) is 7.66. The van der Waals surface area contributed by atoms with E-state index in [1.54, 1.807) is 0 Å².